The van der Waals surface area contributed by atoms with Gasteiger partial charge < -0.3 is 9.47 Å². The van der Waals surface area contributed by atoms with Gasteiger partial charge in [0.15, 0.2) is 0 Å². The Hall–Kier alpha value is -0.410. The molecule has 0 radical (unpaired) electrons. The first-order valence-electron chi connectivity index (χ1n) is 9.47. The van der Waals surface area contributed by atoms with Crippen LogP contribution in [0.15, 0.2) is 0 Å². The molecule has 3 heteroatoms. The summed E-state index contributed by atoms with van der Waals surface area (Å²) >= 11 is 0. The van der Waals surface area contributed by atoms with Gasteiger partial charge in [-0.1, -0.05) is 20.8 Å². The van der Waals surface area contributed by atoms with E-state index in [0.29, 0.717) is 23.7 Å². The van der Waals surface area contributed by atoms with E-state index in [1.54, 1.807) is 0 Å². The number of hydrogen-bond acceptors (Lipinski definition) is 3. The molecular weight excluding hydrogens is 288 g/mol. The van der Waals surface area contributed by atoms with Crippen molar-refractivity contribution < 1.29 is 14.3 Å². The number of epoxide rings is 1. The molecule has 0 spiro atoms. The third-order valence-electron chi connectivity index (χ3n) is 8.15. The van der Waals surface area contributed by atoms with Crippen LogP contribution in [-0.4, -0.2) is 29.7 Å². The van der Waals surface area contributed by atoms with Crippen LogP contribution >= 0.6 is 0 Å². The smallest absolute Gasteiger partial charge is 0.138 e. The monoisotopic (exact) mass is 320 g/mol. The molecule has 3 nitrogen and oxygen atoms in total. The summed E-state index contributed by atoms with van der Waals surface area (Å²) < 4.78 is 12.4. The molecule has 130 valence electrons. The van der Waals surface area contributed by atoms with Gasteiger partial charge in [0.1, 0.15) is 11.9 Å². The summed E-state index contributed by atoms with van der Waals surface area (Å²) in [4.78, 5) is 12.5. The predicted octanol–water partition coefficient (Wildman–Crippen LogP) is 4.13. The van der Waals surface area contributed by atoms with E-state index < -0.39 is 0 Å². The first kappa shape index (κ1) is 16.1. The van der Waals surface area contributed by atoms with Crippen molar-refractivity contribution in [3.05, 3.63) is 0 Å². The van der Waals surface area contributed by atoms with E-state index in [2.05, 4.69) is 34.6 Å². The molecule has 0 aromatic carbocycles. The molecular formula is C20H32O3. The number of hydrogen-bond donors (Lipinski definition) is 0. The Balaban J connectivity index is 1.66. The zero-order valence-corrected chi connectivity index (χ0v) is 15.4. The number of ether oxygens (including phenoxy) is 2. The summed E-state index contributed by atoms with van der Waals surface area (Å²) in [5.41, 5.74) is -0.0973. The molecule has 2 aliphatic heterocycles. The molecule has 2 saturated carbocycles. The lowest BCUT2D eigenvalue weighted by Gasteiger charge is -2.64. The van der Waals surface area contributed by atoms with E-state index in [-0.39, 0.29) is 22.0 Å². The zero-order valence-electron chi connectivity index (χ0n) is 15.4. The van der Waals surface area contributed by atoms with Crippen molar-refractivity contribution in [1.82, 2.24) is 0 Å². The van der Waals surface area contributed by atoms with Crippen molar-refractivity contribution in [3.63, 3.8) is 0 Å². The van der Waals surface area contributed by atoms with Gasteiger partial charge in [-0.25, -0.2) is 0 Å². The average molecular weight is 320 g/mol. The second kappa shape index (κ2) is 4.60. The largest absolute Gasteiger partial charge is 0.370 e. The third-order valence-corrected chi connectivity index (χ3v) is 8.15. The quantitative estimate of drug-likeness (QED) is 0.682. The Morgan fingerprint density at radius 3 is 2.17 bits per heavy atom. The molecule has 4 aliphatic rings. The minimum absolute atomic E-state index is 0.0549. The SMILES string of the molecule is CC1(C)C(=O)CC[C@@]2(C)[C@H]3CC[C@](C)([C@H]4CO4)O[C@@]3(C)CC[C@@H]12. The fourth-order valence-electron chi connectivity index (χ4n) is 6.71. The van der Waals surface area contributed by atoms with Gasteiger partial charge in [0.25, 0.3) is 0 Å². The van der Waals surface area contributed by atoms with Crippen LogP contribution < -0.4 is 0 Å². The number of carbonyl (C=O) groups is 1. The zero-order chi connectivity index (χ0) is 16.7. The fourth-order valence-corrected chi connectivity index (χ4v) is 6.71. The molecule has 23 heavy (non-hydrogen) atoms. The normalized spacial score (nSPS) is 55.0. The molecule has 4 rings (SSSR count). The van der Waals surface area contributed by atoms with Crippen molar-refractivity contribution in [3.8, 4) is 0 Å². The van der Waals surface area contributed by atoms with E-state index in [1.807, 2.05) is 0 Å². The Labute approximate surface area is 140 Å². The van der Waals surface area contributed by atoms with Crippen LogP contribution in [0, 0.1) is 22.7 Å². The molecule has 0 amide bonds. The first-order chi connectivity index (χ1) is 10.6. The summed E-state index contributed by atoms with van der Waals surface area (Å²) in [5, 5.41) is 0. The molecule has 2 aliphatic carbocycles. The van der Waals surface area contributed by atoms with Crippen LogP contribution in [0.1, 0.15) is 73.1 Å². The summed E-state index contributed by atoms with van der Waals surface area (Å²) in [6.45, 7) is 12.3. The van der Waals surface area contributed by atoms with Crippen molar-refractivity contribution in [2.45, 2.75) is 90.4 Å². The maximum absolute atomic E-state index is 12.5. The van der Waals surface area contributed by atoms with E-state index in [4.69, 9.17) is 9.47 Å². The molecule has 0 aromatic rings. The standard InChI is InChI=1S/C20H32O3/c1-17(2)13-6-10-19(4)14(18(13,3)9-8-15(17)21)7-11-20(5,23-19)16-12-22-16/h13-14,16H,6-12H2,1-5H3/t13-,14+,16+,18+,19-,20+/m0/s1. The number of fused-ring (bicyclic) bond motifs is 3. The van der Waals surface area contributed by atoms with Gasteiger partial charge in [-0.05, 0) is 63.2 Å². The van der Waals surface area contributed by atoms with Gasteiger partial charge in [0, 0.05) is 11.8 Å². The Morgan fingerprint density at radius 1 is 0.913 bits per heavy atom. The van der Waals surface area contributed by atoms with Crippen LogP contribution in [0.2, 0.25) is 0 Å². The lowest BCUT2D eigenvalue weighted by Crippen LogP contribution is -2.64. The Bertz CT molecular complexity index is 537. The maximum atomic E-state index is 12.5. The summed E-state index contributed by atoms with van der Waals surface area (Å²) in [7, 11) is 0. The molecule has 2 saturated heterocycles. The van der Waals surface area contributed by atoms with Crippen molar-refractivity contribution in [2.75, 3.05) is 6.61 Å². The predicted molar refractivity (Wildman–Crippen MR) is 89.2 cm³/mol. The topological polar surface area (TPSA) is 38.8 Å². The van der Waals surface area contributed by atoms with Crippen molar-refractivity contribution in [2.24, 2.45) is 22.7 Å². The second-order valence-corrected chi connectivity index (χ2v) is 9.88. The molecule has 6 atom stereocenters. The van der Waals surface area contributed by atoms with Gasteiger partial charge in [0.2, 0.25) is 0 Å². The summed E-state index contributed by atoms with van der Waals surface area (Å²) in [6.07, 6.45) is 6.59. The molecule has 2 heterocycles. The number of carbonyl (C=O) groups excluding carboxylic acids is 1. The summed E-state index contributed by atoms with van der Waals surface area (Å²) in [6, 6.07) is 0. The van der Waals surface area contributed by atoms with Gasteiger partial charge in [-0.15, -0.1) is 0 Å². The Kier molecular flexibility index (Phi) is 3.22. The molecule has 0 unspecified atom stereocenters. The molecule has 0 bridgehead atoms. The first-order valence-corrected chi connectivity index (χ1v) is 9.47. The lowest BCUT2D eigenvalue weighted by molar-refractivity contribution is -0.266. The minimum Gasteiger partial charge on any atom is -0.370 e. The Morgan fingerprint density at radius 2 is 1.52 bits per heavy atom. The second-order valence-electron chi connectivity index (χ2n) is 9.88. The van der Waals surface area contributed by atoms with Crippen molar-refractivity contribution in [1.29, 1.82) is 0 Å². The fraction of sp³-hybridized carbons (Fsp3) is 0.950. The molecule has 4 fully saturated rings. The van der Waals surface area contributed by atoms with Crippen LogP contribution in [0.4, 0.5) is 0 Å². The number of rotatable bonds is 1. The van der Waals surface area contributed by atoms with E-state index >= 15 is 0 Å². The number of Topliss-reactive ketones (excluding diaryl/α,β-unsaturated/α-hetero) is 1. The third kappa shape index (κ3) is 2.12. The van der Waals surface area contributed by atoms with Crippen LogP contribution in [0.3, 0.4) is 0 Å². The molecule has 0 aromatic heterocycles. The van der Waals surface area contributed by atoms with Crippen molar-refractivity contribution >= 4 is 5.78 Å². The highest BCUT2D eigenvalue weighted by Crippen LogP contribution is 2.65. The number of ketones is 1. The maximum Gasteiger partial charge on any atom is 0.138 e. The van der Waals surface area contributed by atoms with E-state index in [1.165, 1.54) is 6.42 Å². The van der Waals surface area contributed by atoms with Gasteiger partial charge in [-0.3, -0.25) is 4.79 Å². The summed E-state index contributed by atoms with van der Waals surface area (Å²) in [5.74, 6) is 1.53. The highest BCUT2D eigenvalue weighted by molar-refractivity contribution is 5.85. The van der Waals surface area contributed by atoms with Crippen LogP contribution in [0.5, 0.6) is 0 Å². The van der Waals surface area contributed by atoms with Gasteiger partial charge >= 0.3 is 0 Å². The van der Waals surface area contributed by atoms with Gasteiger partial charge in [0.05, 0.1) is 17.8 Å². The highest BCUT2D eigenvalue weighted by atomic mass is 16.6. The van der Waals surface area contributed by atoms with E-state index in [0.717, 1.165) is 38.7 Å². The van der Waals surface area contributed by atoms with Crippen LogP contribution in [-0.2, 0) is 14.3 Å². The average Bonchev–Trinajstić information content (AvgIpc) is 3.27. The van der Waals surface area contributed by atoms with E-state index in [9.17, 15) is 4.79 Å². The molecule has 0 N–H and O–H groups in total. The lowest BCUT2D eigenvalue weighted by atomic mass is 9.44. The minimum atomic E-state index is -0.172. The highest BCUT2D eigenvalue weighted by Gasteiger charge is 2.64. The van der Waals surface area contributed by atoms with Crippen LogP contribution in [0.25, 0.3) is 0 Å². The van der Waals surface area contributed by atoms with Gasteiger partial charge in [-0.2, -0.15) is 0 Å².